The van der Waals surface area contributed by atoms with Crippen LogP contribution < -0.4 is 5.32 Å². The lowest BCUT2D eigenvalue weighted by Crippen LogP contribution is -2.16. The highest BCUT2D eigenvalue weighted by Gasteiger charge is 2.17. The summed E-state index contributed by atoms with van der Waals surface area (Å²) in [4.78, 5) is 13.1. The molecule has 0 aliphatic carbocycles. The SMILES string of the molecule is COC(=O)c1ccccc1CSc1c(Cl)ccc2c1CCNCC2.Cl. The van der Waals surface area contributed by atoms with Gasteiger partial charge >= 0.3 is 5.97 Å². The van der Waals surface area contributed by atoms with E-state index in [1.54, 1.807) is 17.8 Å². The highest BCUT2D eigenvalue weighted by Crippen LogP contribution is 2.36. The van der Waals surface area contributed by atoms with Crippen molar-refractivity contribution in [3.63, 3.8) is 0 Å². The number of ether oxygens (including phenoxy) is 1. The van der Waals surface area contributed by atoms with Crippen molar-refractivity contribution in [2.45, 2.75) is 23.5 Å². The van der Waals surface area contributed by atoms with E-state index in [4.69, 9.17) is 16.3 Å². The molecule has 134 valence electrons. The second-order valence-electron chi connectivity index (χ2n) is 5.70. The smallest absolute Gasteiger partial charge is 0.338 e. The predicted molar refractivity (Wildman–Crippen MR) is 106 cm³/mol. The standard InChI is InChI=1S/C19H20ClNO2S.ClH/c1-23-19(22)16-5-3-2-4-14(16)12-24-18-15-9-11-21-10-8-13(15)6-7-17(18)20;/h2-7,21H,8-12H2,1H3;1H. The first-order valence-electron chi connectivity index (χ1n) is 8.00. The summed E-state index contributed by atoms with van der Waals surface area (Å²) in [6, 6.07) is 11.7. The molecule has 0 aromatic heterocycles. The fourth-order valence-electron chi connectivity index (χ4n) is 2.97. The van der Waals surface area contributed by atoms with Gasteiger partial charge in [-0.1, -0.05) is 35.9 Å². The van der Waals surface area contributed by atoms with Gasteiger partial charge in [0.25, 0.3) is 0 Å². The maximum Gasteiger partial charge on any atom is 0.338 e. The number of esters is 1. The summed E-state index contributed by atoms with van der Waals surface area (Å²) in [7, 11) is 1.41. The molecule has 3 rings (SSSR count). The van der Waals surface area contributed by atoms with Crippen molar-refractivity contribution < 1.29 is 9.53 Å². The van der Waals surface area contributed by atoms with Crippen molar-refractivity contribution in [2.24, 2.45) is 0 Å². The molecule has 0 saturated heterocycles. The number of methoxy groups -OCH3 is 1. The number of hydrogen-bond donors (Lipinski definition) is 1. The molecule has 0 spiro atoms. The number of halogens is 2. The first-order chi connectivity index (χ1) is 11.7. The van der Waals surface area contributed by atoms with Crippen LogP contribution in [0.15, 0.2) is 41.3 Å². The second kappa shape index (κ2) is 9.48. The summed E-state index contributed by atoms with van der Waals surface area (Å²) in [6.07, 6.45) is 2.01. The lowest BCUT2D eigenvalue weighted by molar-refractivity contribution is 0.0600. The average Bonchev–Trinajstić information content (AvgIpc) is 2.86. The average molecular weight is 398 g/mol. The molecular formula is C19H21Cl2NO2S. The van der Waals surface area contributed by atoms with E-state index in [0.29, 0.717) is 11.3 Å². The molecule has 0 atom stereocenters. The number of carbonyl (C=O) groups excluding carboxylic acids is 1. The summed E-state index contributed by atoms with van der Waals surface area (Å²) in [5.41, 5.74) is 4.29. The summed E-state index contributed by atoms with van der Waals surface area (Å²) in [5.74, 6) is 0.392. The maximum absolute atomic E-state index is 11.9. The van der Waals surface area contributed by atoms with Gasteiger partial charge in [-0.15, -0.1) is 24.2 Å². The fourth-order valence-corrected chi connectivity index (χ4v) is 4.48. The molecule has 0 fully saturated rings. The van der Waals surface area contributed by atoms with Crippen LogP contribution in [0.5, 0.6) is 0 Å². The molecule has 0 unspecified atom stereocenters. The normalized spacial score (nSPS) is 13.4. The Labute approximate surface area is 163 Å². The third kappa shape index (κ3) is 4.70. The zero-order valence-corrected chi connectivity index (χ0v) is 16.4. The third-order valence-electron chi connectivity index (χ3n) is 4.23. The van der Waals surface area contributed by atoms with Gasteiger partial charge in [0.05, 0.1) is 17.7 Å². The first-order valence-corrected chi connectivity index (χ1v) is 9.37. The maximum atomic E-state index is 11.9. The van der Waals surface area contributed by atoms with Crippen LogP contribution >= 0.6 is 35.8 Å². The number of nitrogens with one attached hydrogen (secondary N) is 1. The van der Waals surface area contributed by atoms with Gasteiger partial charge < -0.3 is 10.1 Å². The van der Waals surface area contributed by atoms with Crippen molar-refractivity contribution in [1.82, 2.24) is 5.32 Å². The van der Waals surface area contributed by atoms with Crippen LogP contribution in [0.4, 0.5) is 0 Å². The topological polar surface area (TPSA) is 38.3 Å². The quantitative estimate of drug-likeness (QED) is 0.607. The Kier molecular flexibility index (Phi) is 7.63. The first kappa shape index (κ1) is 20.1. The minimum Gasteiger partial charge on any atom is -0.465 e. The lowest BCUT2D eigenvalue weighted by atomic mass is 10.0. The van der Waals surface area contributed by atoms with E-state index < -0.39 is 0 Å². The number of carbonyl (C=O) groups is 1. The lowest BCUT2D eigenvalue weighted by Gasteiger charge is -2.14. The van der Waals surface area contributed by atoms with Crippen LogP contribution in [0.2, 0.25) is 5.02 Å². The van der Waals surface area contributed by atoms with Crippen LogP contribution in [0, 0.1) is 0 Å². The van der Waals surface area contributed by atoms with Crippen molar-refractivity contribution in [3.05, 3.63) is 63.7 Å². The second-order valence-corrected chi connectivity index (χ2v) is 7.09. The number of fused-ring (bicyclic) bond motifs is 1. The summed E-state index contributed by atoms with van der Waals surface area (Å²) >= 11 is 8.18. The van der Waals surface area contributed by atoms with Crippen LogP contribution in [-0.2, 0) is 23.3 Å². The zero-order valence-electron chi connectivity index (χ0n) is 14.0. The van der Waals surface area contributed by atoms with E-state index in [1.165, 1.54) is 18.2 Å². The number of benzene rings is 2. The van der Waals surface area contributed by atoms with Crippen molar-refractivity contribution >= 4 is 41.7 Å². The Hall–Kier alpha value is -1.20. The molecule has 2 aromatic carbocycles. The Morgan fingerprint density at radius 3 is 2.76 bits per heavy atom. The Morgan fingerprint density at radius 2 is 1.96 bits per heavy atom. The van der Waals surface area contributed by atoms with Crippen molar-refractivity contribution in [1.29, 1.82) is 0 Å². The number of hydrogen-bond acceptors (Lipinski definition) is 4. The highest BCUT2D eigenvalue weighted by atomic mass is 35.5. The van der Waals surface area contributed by atoms with Gasteiger partial charge in [-0.05, 0) is 54.8 Å². The molecule has 1 aliphatic rings. The van der Waals surface area contributed by atoms with Crippen LogP contribution in [0.3, 0.4) is 0 Å². The molecule has 3 nitrogen and oxygen atoms in total. The monoisotopic (exact) mass is 397 g/mol. The largest absolute Gasteiger partial charge is 0.465 e. The molecule has 2 aromatic rings. The van der Waals surface area contributed by atoms with Gasteiger partial charge in [0.1, 0.15) is 0 Å². The summed E-state index contributed by atoms with van der Waals surface area (Å²) in [6.45, 7) is 1.98. The zero-order chi connectivity index (χ0) is 16.9. The molecule has 6 heteroatoms. The molecule has 0 saturated carbocycles. The van der Waals surface area contributed by atoms with Crippen molar-refractivity contribution in [3.8, 4) is 0 Å². The van der Waals surface area contributed by atoms with Gasteiger partial charge in [-0.3, -0.25) is 0 Å². The van der Waals surface area contributed by atoms with Gasteiger partial charge in [0, 0.05) is 10.6 Å². The Bertz CT molecular complexity index is 752. The van der Waals surface area contributed by atoms with Gasteiger partial charge in [0.2, 0.25) is 0 Å². The van der Waals surface area contributed by atoms with Crippen LogP contribution in [-0.4, -0.2) is 26.2 Å². The molecule has 1 heterocycles. The highest BCUT2D eigenvalue weighted by molar-refractivity contribution is 7.98. The Morgan fingerprint density at radius 1 is 1.20 bits per heavy atom. The van der Waals surface area contributed by atoms with E-state index in [2.05, 4.69) is 11.4 Å². The molecule has 0 amide bonds. The molecule has 0 bridgehead atoms. The number of rotatable bonds is 4. The fraction of sp³-hybridized carbons (Fsp3) is 0.316. The van der Waals surface area contributed by atoms with Crippen LogP contribution in [0.25, 0.3) is 0 Å². The minimum absolute atomic E-state index is 0. The molecule has 1 N–H and O–H groups in total. The van der Waals surface area contributed by atoms with Gasteiger partial charge in [-0.2, -0.15) is 0 Å². The van der Waals surface area contributed by atoms with Gasteiger partial charge in [-0.25, -0.2) is 4.79 Å². The molecule has 25 heavy (non-hydrogen) atoms. The third-order valence-corrected chi connectivity index (χ3v) is 5.86. The Balaban J connectivity index is 0.00000225. The van der Waals surface area contributed by atoms with E-state index >= 15 is 0 Å². The molecule has 1 aliphatic heterocycles. The van der Waals surface area contributed by atoms with E-state index in [0.717, 1.165) is 41.4 Å². The van der Waals surface area contributed by atoms with E-state index in [-0.39, 0.29) is 18.4 Å². The minimum atomic E-state index is -0.298. The summed E-state index contributed by atoms with van der Waals surface area (Å²) in [5, 5.41) is 4.22. The molecule has 0 radical (unpaired) electrons. The predicted octanol–water partition coefficient (Wildman–Crippen LogP) is 4.53. The summed E-state index contributed by atoms with van der Waals surface area (Å²) < 4.78 is 4.88. The van der Waals surface area contributed by atoms with Crippen LogP contribution in [0.1, 0.15) is 27.0 Å². The van der Waals surface area contributed by atoms with Crippen molar-refractivity contribution in [2.75, 3.05) is 20.2 Å². The molecular weight excluding hydrogens is 377 g/mol. The number of thioether (sulfide) groups is 1. The van der Waals surface area contributed by atoms with Gasteiger partial charge in [0.15, 0.2) is 0 Å². The van der Waals surface area contributed by atoms with E-state index in [1.807, 2.05) is 24.3 Å². The van der Waals surface area contributed by atoms with E-state index in [9.17, 15) is 4.79 Å².